The first-order valence-corrected chi connectivity index (χ1v) is 12.7. The van der Waals surface area contributed by atoms with Crippen LogP contribution in [0.15, 0.2) is 11.6 Å². The topological polar surface area (TPSA) is 40.5 Å². The fourth-order valence-electron chi connectivity index (χ4n) is 8.59. The van der Waals surface area contributed by atoms with Gasteiger partial charge in [0.15, 0.2) is 0 Å². The van der Waals surface area contributed by atoms with Crippen molar-refractivity contribution in [2.24, 2.45) is 46.3 Å². The molecule has 2 nitrogen and oxygen atoms in total. The van der Waals surface area contributed by atoms with Crippen LogP contribution in [0.4, 0.5) is 0 Å². The molecule has 4 aliphatic rings. The van der Waals surface area contributed by atoms with E-state index in [1.165, 1.54) is 44.9 Å². The van der Waals surface area contributed by atoms with Crippen molar-refractivity contribution in [2.75, 3.05) is 0 Å². The lowest BCUT2D eigenvalue weighted by Crippen LogP contribution is -2.50. The van der Waals surface area contributed by atoms with Gasteiger partial charge in [-0.15, -0.1) is 0 Å². The normalized spacial score (nSPS) is 46.5. The van der Waals surface area contributed by atoms with Crippen LogP contribution >= 0.6 is 0 Å². The molecule has 0 spiro atoms. The van der Waals surface area contributed by atoms with Crippen molar-refractivity contribution >= 4 is 0 Å². The minimum absolute atomic E-state index is 0.0994. The monoisotopic (exact) mass is 402 g/mol. The molecule has 0 aromatic heterocycles. The maximum Gasteiger partial charge on any atom is 0.0577 e. The summed E-state index contributed by atoms with van der Waals surface area (Å²) < 4.78 is 0. The van der Waals surface area contributed by atoms with Crippen LogP contribution in [-0.4, -0.2) is 22.4 Å². The van der Waals surface area contributed by atoms with Gasteiger partial charge in [0.25, 0.3) is 0 Å². The molecular formula is C27H46O2. The number of hydrogen-bond donors (Lipinski definition) is 2. The molecule has 3 fully saturated rings. The van der Waals surface area contributed by atoms with Gasteiger partial charge in [-0.2, -0.15) is 0 Å². The SMILES string of the molecule is CC(C)[C@H](O)CC[C@@H](C)C1CCC2C3CC=C4C[C@@H](O)CC[C@]4(C)C3CC[C@@]21C. The second-order valence-electron chi connectivity index (χ2n) is 12.3. The molecule has 0 amide bonds. The highest BCUT2D eigenvalue weighted by atomic mass is 16.3. The van der Waals surface area contributed by atoms with Crippen molar-refractivity contribution in [3.63, 3.8) is 0 Å². The van der Waals surface area contributed by atoms with Gasteiger partial charge in [0.2, 0.25) is 0 Å². The van der Waals surface area contributed by atoms with Gasteiger partial charge in [-0.25, -0.2) is 0 Å². The molecule has 9 atom stereocenters. The maximum atomic E-state index is 10.3. The number of aliphatic hydroxyl groups is 2. The molecule has 0 aromatic rings. The Morgan fingerprint density at radius 2 is 1.76 bits per heavy atom. The number of rotatable bonds is 5. The molecule has 0 aromatic carbocycles. The minimum Gasteiger partial charge on any atom is -0.393 e. The van der Waals surface area contributed by atoms with E-state index in [0.29, 0.717) is 16.7 Å². The lowest BCUT2D eigenvalue weighted by Gasteiger charge is -2.58. The van der Waals surface area contributed by atoms with Crippen molar-refractivity contribution in [3.05, 3.63) is 11.6 Å². The molecule has 29 heavy (non-hydrogen) atoms. The van der Waals surface area contributed by atoms with Crippen molar-refractivity contribution in [3.8, 4) is 0 Å². The molecule has 0 saturated heterocycles. The van der Waals surface area contributed by atoms with Gasteiger partial charge in [-0.1, -0.05) is 46.3 Å². The Labute approximate surface area is 179 Å². The molecule has 0 aliphatic heterocycles. The van der Waals surface area contributed by atoms with Crippen molar-refractivity contribution in [2.45, 2.75) is 111 Å². The summed E-state index contributed by atoms with van der Waals surface area (Å²) in [6, 6.07) is 0. The van der Waals surface area contributed by atoms with Crippen molar-refractivity contribution in [1.82, 2.24) is 0 Å². The van der Waals surface area contributed by atoms with Crippen LogP contribution in [0.2, 0.25) is 0 Å². The van der Waals surface area contributed by atoms with Crippen LogP contribution in [0, 0.1) is 46.3 Å². The summed E-state index contributed by atoms with van der Waals surface area (Å²) in [6.07, 6.45) is 14.4. The van der Waals surface area contributed by atoms with E-state index in [2.05, 4.69) is 40.7 Å². The second kappa shape index (κ2) is 7.97. The Kier molecular flexibility index (Phi) is 6.01. The molecular weight excluding hydrogens is 356 g/mol. The van der Waals surface area contributed by atoms with Gasteiger partial charge in [0.1, 0.15) is 0 Å². The lowest BCUT2D eigenvalue weighted by molar-refractivity contribution is -0.0579. The molecule has 4 aliphatic carbocycles. The predicted octanol–water partition coefficient (Wildman–Crippen LogP) is 6.36. The van der Waals surface area contributed by atoms with Gasteiger partial charge in [0, 0.05) is 0 Å². The van der Waals surface area contributed by atoms with Gasteiger partial charge < -0.3 is 10.2 Å². The van der Waals surface area contributed by atoms with Crippen molar-refractivity contribution < 1.29 is 10.2 Å². The summed E-state index contributed by atoms with van der Waals surface area (Å²) in [4.78, 5) is 0. The minimum atomic E-state index is -0.137. The van der Waals surface area contributed by atoms with E-state index in [9.17, 15) is 10.2 Å². The zero-order chi connectivity index (χ0) is 21.0. The van der Waals surface area contributed by atoms with Crippen LogP contribution in [0.1, 0.15) is 98.8 Å². The van der Waals surface area contributed by atoms with Gasteiger partial charge >= 0.3 is 0 Å². The first kappa shape index (κ1) is 21.9. The smallest absolute Gasteiger partial charge is 0.0577 e. The van der Waals surface area contributed by atoms with Crippen LogP contribution < -0.4 is 0 Å². The lowest BCUT2D eigenvalue weighted by atomic mass is 9.47. The van der Waals surface area contributed by atoms with Crippen LogP contribution in [-0.2, 0) is 0 Å². The summed E-state index contributed by atoms with van der Waals surface area (Å²) in [6.45, 7) is 11.9. The van der Waals surface area contributed by atoms with Crippen LogP contribution in [0.3, 0.4) is 0 Å². The molecule has 4 rings (SSSR count). The number of aliphatic hydroxyl groups excluding tert-OH is 2. The number of hydrogen-bond acceptors (Lipinski definition) is 2. The van der Waals surface area contributed by atoms with E-state index in [1.54, 1.807) is 5.57 Å². The Balaban J connectivity index is 1.49. The predicted molar refractivity (Wildman–Crippen MR) is 120 cm³/mol. The highest BCUT2D eigenvalue weighted by molar-refractivity contribution is 5.25. The summed E-state index contributed by atoms with van der Waals surface area (Å²) in [5, 5.41) is 20.5. The summed E-state index contributed by atoms with van der Waals surface area (Å²) in [7, 11) is 0. The van der Waals surface area contributed by atoms with E-state index in [4.69, 9.17) is 0 Å². The van der Waals surface area contributed by atoms with Gasteiger partial charge in [-0.3, -0.25) is 0 Å². The number of fused-ring (bicyclic) bond motifs is 5. The molecule has 0 radical (unpaired) electrons. The Hall–Kier alpha value is -0.340. The molecule has 0 bridgehead atoms. The van der Waals surface area contributed by atoms with E-state index in [1.807, 2.05) is 0 Å². The first-order chi connectivity index (χ1) is 13.7. The first-order valence-electron chi connectivity index (χ1n) is 12.7. The summed E-state index contributed by atoms with van der Waals surface area (Å²) in [5.41, 5.74) is 2.44. The zero-order valence-electron chi connectivity index (χ0n) is 19.7. The zero-order valence-corrected chi connectivity index (χ0v) is 19.7. The third-order valence-electron chi connectivity index (χ3n) is 10.5. The highest BCUT2D eigenvalue weighted by Crippen LogP contribution is 2.67. The molecule has 4 unspecified atom stereocenters. The second-order valence-corrected chi connectivity index (χ2v) is 12.3. The molecule has 166 valence electrons. The standard InChI is InChI=1S/C27H46O2/c1-17(2)25(29)11-6-18(3)22-9-10-23-21-8-7-19-16-20(28)12-14-26(19,4)24(21)13-15-27(22,23)5/h7,17-18,20-25,28-29H,6,8-16H2,1-5H3/t18-,20+,21?,22?,23?,24?,25-,26+,27-/m1/s1. The highest BCUT2D eigenvalue weighted by Gasteiger charge is 2.59. The van der Waals surface area contributed by atoms with E-state index < -0.39 is 0 Å². The third-order valence-corrected chi connectivity index (χ3v) is 10.5. The average molecular weight is 403 g/mol. The van der Waals surface area contributed by atoms with E-state index in [0.717, 1.165) is 48.9 Å². The molecule has 0 heterocycles. The summed E-state index contributed by atoms with van der Waals surface area (Å²) in [5.74, 6) is 4.51. The summed E-state index contributed by atoms with van der Waals surface area (Å²) >= 11 is 0. The Morgan fingerprint density at radius 3 is 2.48 bits per heavy atom. The van der Waals surface area contributed by atoms with Gasteiger partial charge in [0.05, 0.1) is 12.2 Å². The van der Waals surface area contributed by atoms with E-state index in [-0.39, 0.29) is 12.2 Å². The fraction of sp³-hybridized carbons (Fsp3) is 0.926. The fourth-order valence-corrected chi connectivity index (χ4v) is 8.59. The Bertz CT molecular complexity index is 624. The van der Waals surface area contributed by atoms with Crippen LogP contribution in [0.5, 0.6) is 0 Å². The molecule has 2 N–H and O–H groups in total. The van der Waals surface area contributed by atoms with Crippen LogP contribution in [0.25, 0.3) is 0 Å². The quantitative estimate of drug-likeness (QED) is 0.525. The Morgan fingerprint density at radius 1 is 1.00 bits per heavy atom. The molecule has 3 saturated carbocycles. The maximum absolute atomic E-state index is 10.3. The average Bonchev–Trinajstić information content (AvgIpc) is 3.03. The third kappa shape index (κ3) is 3.65. The molecule has 2 heteroatoms. The van der Waals surface area contributed by atoms with E-state index >= 15 is 0 Å². The van der Waals surface area contributed by atoms with Gasteiger partial charge in [-0.05, 0) is 111 Å². The number of allylic oxidation sites excluding steroid dienone is 1. The largest absolute Gasteiger partial charge is 0.393 e. The van der Waals surface area contributed by atoms with Crippen molar-refractivity contribution in [1.29, 1.82) is 0 Å².